The van der Waals surface area contributed by atoms with E-state index >= 15 is 0 Å². The molecule has 8 aromatic carbocycles. The molecule has 0 saturated carbocycles. The molecule has 54 heavy (non-hydrogen) atoms. The van der Waals surface area contributed by atoms with Gasteiger partial charge in [-0.2, -0.15) is 0 Å². The fraction of sp³-hybridized carbons (Fsp3) is 0. The molecule has 0 atom stereocenters. The summed E-state index contributed by atoms with van der Waals surface area (Å²) in [5, 5.41) is 6.40. The molecule has 0 spiro atoms. The zero-order valence-electron chi connectivity index (χ0n) is 28.9. The number of hydrogen-bond donors (Lipinski definition) is 0. The molecular weight excluding hydrogens is 663 g/mol. The van der Waals surface area contributed by atoms with Gasteiger partial charge in [0.05, 0.1) is 0 Å². The van der Waals surface area contributed by atoms with Crippen molar-refractivity contribution in [2.75, 3.05) is 0 Å². The van der Waals surface area contributed by atoms with E-state index in [-0.39, 0.29) is 0 Å². The van der Waals surface area contributed by atoms with E-state index in [0.29, 0.717) is 17.5 Å². The van der Waals surface area contributed by atoms with Gasteiger partial charge >= 0.3 is 0 Å². The largest absolute Gasteiger partial charge is 0.456 e. The van der Waals surface area contributed by atoms with E-state index in [2.05, 4.69) is 127 Å². The van der Waals surface area contributed by atoms with E-state index in [0.717, 1.165) is 82.8 Å². The SMILES string of the molecule is c1ccc(-c2ccc3c(c2)oc2cccc(-c4nc(-c5ccc(-c6ccc7ccccc7c6)cc5)nc(-c5cccc6oc7ccccc7c56)n4)c23)cc1. The lowest BCUT2D eigenvalue weighted by Gasteiger charge is -2.11. The van der Waals surface area contributed by atoms with Crippen molar-refractivity contribution in [1.29, 1.82) is 0 Å². The molecular formula is C49H29N3O2. The first-order chi connectivity index (χ1) is 26.7. The van der Waals surface area contributed by atoms with Crippen LogP contribution in [0.4, 0.5) is 0 Å². The topological polar surface area (TPSA) is 65.0 Å². The third kappa shape index (κ3) is 4.98. The second-order valence-corrected chi connectivity index (χ2v) is 13.6. The van der Waals surface area contributed by atoms with Crippen LogP contribution in [0.1, 0.15) is 0 Å². The van der Waals surface area contributed by atoms with Crippen molar-refractivity contribution >= 4 is 54.6 Å². The molecule has 11 aromatic rings. The molecule has 5 heteroatoms. The van der Waals surface area contributed by atoms with Crippen LogP contribution in [-0.2, 0) is 0 Å². The lowest BCUT2D eigenvalue weighted by Crippen LogP contribution is -2.00. The zero-order valence-corrected chi connectivity index (χ0v) is 28.9. The van der Waals surface area contributed by atoms with Crippen molar-refractivity contribution in [2.24, 2.45) is 0 Å². The molecule has 0 aliphatic carbocycles. The normalized spacial score (nSPS) is 11.7. The Hall–Kier alpha value is -7.37. The van der Waals surface area contributed by atoms with Crippen LogP contribution in [0.2, 0.25) is 0 Å². The Labute approximate surface area is 309 Å². The molecule has 0 radical (unpaired) electrons. The summed E-state index contributed by atoms with van der Waals surface area (Å²) in [6.07, 6.45) is 0. The molecule has 0 saturated heterocycles. The quantitative estimate of drug-likeness (QED) is 0.180. The number of nitrogens with zero attached hydrogens (tertiary/aromatic N) is 3. The zero-order chi connectivity index (χ0) is 35.6. The molecule has 3 heterocycles. The third-order valence-corrected chi connectivity index (χ3v) is 10.3. The van der Waals surface area contributed by atoms with E-state index < -0.39 is 0 Å². The second-order valence-electron chi connectivity index (χ2n) is 13.6. The molecule has 0 fully saturated rings. The molecule has 3 aromatic heterocycles. The molecule has 0 unspecified atom stereocenters. The lowest BCUT2D eigenvalue weighted by atomic mass is 10.00. The van der Waals surface area contributed by atoms with E-state index in [9.17, 15) is 0 Å². The summed E-state index contributed by atoms with van der Waals surface area (Å²) in [6.45, 7) is 0. The predicted octanol–water partition coefficient (Wildman–Crippen LogP) is 13.2. The first kappa shape index (κ1) is 30.3. The van der Waals surface area contributed by atoms with E-state index in [4.69, 9.17) is 23.8 Å². The number of para-hydroxylation sites is 1. The summed E-state index contributed by atoms with van der Waals surface area (Å²) in [4.78, 5) is 15.6. The maximum Gasteiger partial charge on any atom is 0.164 e. The van der Waals surface area contributed by atoms with Gasteiger partial charge in [0.1, 0.15) is 22.3 Å². The Morgan fingerprint density at radius 2 is 0.815 bits per heavy atom. The molecule has 0 amide bonds. The molecule has 0 aliphatic rings. The Morgan fingerprint density at radius 1 is 0.296 bits per heavy atom. The van der Waals surface area contributed by atoms with Gasteiger partial charge in [-0.25, -0.2) is 15.0 Å². The Bertz CT molecular complexity index is 3210. The molecule has 0 aliphatic heterocycles. The van der Waals surface area contributed by atoms with Crippen molar-refractivity contribution < 1.29 is 8.83 Å². The number of benzene rings is 8. The number of furan rings is 2. The van der Waals surface area contributed by atoms with E-state index in [1.54, 1.807) is 0 Å². The molecule has 0 N–H and O–H groups in total. The minimum atomic E-state index is 0.568. The summed E-state index contributed by atoms with van der Waals surface area (Å²) in [5.74, 6) is 1.72. The van der Waals surface area contributed by atoms with Crippen molar-refractivity contribution in [2.45, 2.75) is 0 Å². The Morgan fingerprint density at radius 3 is 1.57 bits per heavy atom. The highest BCUT2D eigenvalue weighted by Crippen LogP contribution is 2.40. The maximum atomic E-state index is 6.50. The molecule has 252 valence electrons. The number of hydrogen-bond acceptors (Lipinski definition) is 5. The van der Waals surface area contributed by atoms with Gasteiger partial charge in [-0.1, -0.05) is 140 Å². The highest BCUT2D eigenvalue weighted by Gasteiger charge is 2.20. The monoisotopic (exact) mass is 691 g/mol. The van der Waals surface area contributed by atoms with Crippen molar-refractivity contribution in [3.8, 4) is 56.4 Å². The summed E-state index contributed by atoms with van der Waals surface area (Å²) in [5.41, 5.74) is 10.4. The highest BCUT2D eigenvalue weighted by atomic mass is 16.3. The summed E-state index contributed by atoms with van der Waals surface area (Å²) in [7, 11) is 0. The van der Waals surface area contributed by atoms with Crippen molar-refractivity contribution in [3.05, 3.63) is 176 Å². The minimum absolute atomic E-state index is 0.568. The average Bonchev–Trinajstić information content (AvgIpc) is 3.82. The Kier molecular flexibility index (Phi) is 6.79. The van der Waals surface area contributed by atoms with Crippen LogP contribution in [0.25, 0.3) is 111 Å². The number of rotatable bonds is 5. The maximum absolute atomic E-state index is 6.50. The van der Waals surface area contributed by atoms with Crippen LogP contribution in [0.5, 0.6) is 0 Å². The first-order valence-electron chi connectivity index (χ1n) is 18.0. The van der Waals surface area contributed by atoms with Gasteiger partial charge < -0.3 is 8.83 Å². The second kappa shape index (κ2) is 12.1. The van der Waals surface area contributed by atoms with Crippen LogP contribution in [-0.4, -0.2) is 15.0 Å². The van der Waals surface area contributed by atoms with E-state index in [1.807, 2.05) is 48.5 Å². The van der Waals surface area contributed by atoms with Crippen LogP contribution in [0.15, 0.2) is 185 Å². The summed E-state index contributed by atoms with van der Waals surface area (Å²) < 4.78 is 12.8. The minimum Gasteiger partial charge on any atom is -0.456 e. The molecule has 0 bridgehead atoms. The smallest absolute Gasteiger partial charge is 0.164 e. The molecule has 11 rings (SSSR count). The van der Waals surface area contributed by atoms with Crippen molar-refractivity contribution in [3.63, 3.8) is 0 Å². The fourth-order valence-corrected chi connectivity index (χ4v) is 7.71. The van der Waals surface area contributed by atoms with Gasteiger partial charge in [-0.15, -0.1) is 0 Å². The van der Waals surface area contributed by atoms with Gasteiger partial charge in [-0.3, -0.25) is 0 Å². The highest BCUT2D eigenvalue weighted by molar-refractivity contribution is 6.13. The van der Waals surface area contributed by atoms with Crippen LogP contribution < -0.4 is 0 Å². The fourth-order valence-electron chi connectivity index (χ4n) is 7.71. The first-order valence-corrected chi connectivity index (χ1v) is 18.0. The average molecular weight is 692 g/mol. The standard InChI is InChI=1S/C49H29N3O2/c1-2-10-30(11-3-1)36-26-27-38-44(29-36)54-43-19-9-16-40(46(38)43)49-51-47(33-23-20-32(21-24-33)35-25-22-31-12-4-5-13-34(31)28-35)50-48(52-49)39-15-8-18-42-45(39)37-14-6-7-17-41(37)53-42/h1-29H. The van der Waals surface area contributed by atoms with Gasteiger partial charge in [0.2, 0.25) is 0 Å². The number of fused-ring (bicyclic) bond motifs is 7. The van der Waals surface area contributed by atoms with Crippen LogP contribution in [0.3, 0.4) is 0 Å². The lowest BCUT2D eigenvalue weighted by molar-refractivity contribution is 0.668. The van der Waals surface area contributed by atoms with Gasteiger partial charge in [0.15, 0.2) is 17.5 Å². The summed E-state index contributed by atoms with van der Waals surface area (Å²) >= 11 is 0. The third-order valence-electron chi connectivity index (χ3n) is 10.3. The van der Waals surface area contributed by atoms with Crippen molar-refractivity contribution in [1.82, 2.24) is 15.0 Å². The summed E-state index contributed by atoms with van der Waals surface area (Å²) in [6, 6.07) is 60.5. The van der Waals surface area contributed by atoms with Gasteiger partial charge in [0.25, 0.3) is 0 Å². The van der Waals surface area contributed by atoms with Gasteiger partial charge in [0, 0.05) is 38.2 Å². The van der Waals surface area contributed by atoms with Crippen LogP contribution >= 0.6 is 0 Å². The van der Waals surface area contributed by atoms with E-state index in [1.165, 1.54) is 10.8 Å². The predicted molar refractivity (Wildman–Crippen MR) is 219 cm³/mol. The number of aromatic nitrogens is 3. The van der Waals surface area contributed by atoms with Crippen LogP contribution in [0, 0.1) is 0 Å². The Balaban J connectivity index is 1.10. The van der Waals surface area contributed by atoms with Gasteiger partial charge in [-0.05, 0) is 69.4 Å². The molecule has 5 nitrogen and oxygen atoms in total.